The van der Waals surface area contributed by atoms with Crippen molar-refractivity contribution in [3.8, 4) is 11.8 Å². The van der Waals surface area contributed by atoms with Crippen molar-refractivity contribution in [3.05, 3.63) is 48.5 Å². The maximum atomic E-state index is 5.51. The maximum Gasteiger partial charge on any atom is 0.318 e. The molecule has 0 atom stereocenters. The first-order valence-electron chi connectivity index (χ1n) is 7.50. The minimum Gasteiger partial charge on any atom is -0.497 e. The van der Waals surface area contributed by atoms with E-state index in [-0.39, 0.29) is 0 Å². The van der Waals surface area contributed by atoms with Crippen LogP contribution in [-0.4, -0.2) is 30.7 Å². The molecular formula is C18H19N3O2. The highest BCUT2D eigenvalue weighted by molar-refractivity contribution is 5.91. The molecule has 3 aromatic rings. The van der Waals surface area contributed by atoms with Gasteiger partial charge in [0.1, 0.15) is 11.6 Å². The Morgan fingerprint density at radius 3 is 2.43 bits per heavy atom. The van der Waals surface area contributed by atoms with Crippen LogP contribution >= 0.6 is 0 Å². The van der Waals surface area contributed by atoms with Crippen molar-refractivity contribution in [2.24, 2.45) is 0 Å². The van der Waals surface area contributed by atoms with Crippen LogP contribution in [0.4, 0.5) is 11.5 Å². The molecule has 0 amide bonds. The number of nitrogens with zero attached hydrogens (tertiary/aromatic N) is 3. The second kappa shape index (κ2) is 6.52. The van der Waals surface area contributed by atoms with E-state index >= 15 is 0 Å². The summed E-state index contributed by atoms with van der Waals surface area (Å²) in [6, 6.07) is 16.2. The number of fused-ring (bicyclic) bond motifs is 1. The lowest BCUT2D eigenvalue weighted by Crippen LogP contribution is -2.13. The van der Waals surface area contributed by atoms with Gasteiger partial charge in [0, 0.05) is 18.1 Å². The first kappa shape index (κ1) is 15.1. The molecule has 0 saturated heterocycles. The van der Waals surface area contributed by atoms with Gasteiger partial charge >= 0.3 is 6.01 Å². The summed E-state index contributed by atoms with van der Waals surface area (Å²) in [6.45, 7) is 2.45. The van der Waals surface area contributed by atoms with Gasteiger partial charge in [-0.15, -0.1) is 0 Å². The molecule has 0 aliphatic carbocycles. The Labute approximate surface area is 135 Å². The number of rotatable bonds is 5. The summed E-state index contributed by atoms with van der Waals surface area (Å²) < 4.78 is 10.7. The second-order valence-electron chi connectivity index (χ2n) is 5.04. The molecule has 0 aliphatic heterocycles. The van der Waals surface area contributed by atoms with Crippen molar-refractivity contribution in [1.29, 1.82) is 0 Å². The average molecular weight is 309 g/mol. The highest BCUT2D eigenvalue weighted by Crippen LogP contribution is 2.31. The van der Waals surface area contributed by atoms with Crippen molar-refractivity contribution < 1.29 is 9.47 Å². The summed E-state index contributed by atoms with van der Waals surface area (Å²) in [4.78, 5) is 11.0. The zero-order chi connectivity index (χ0) is 16.2. The Morgan fingerprint density at radius 1 is 1.00 bits per heavy atom. The molecule has 1 aromatic heterocycles. The van der Waals surface area contributed by atoms with Crippen LogP contribution < -0.4 is 14.4 Å². The largest absolute Gasteiger partial charge is 0.497 e. The summed E-state index contributed by atoms with van der Waals surface area (Å²) in [7, 11) is 3.64. The van der Waals surface area contributed by atoms with E-state index < -0.39 is 0 Å². The quantitative estimate of drug-likeness (QED) is 0.717. The molecule has 0 saturated carbocycles. The Morgan fingerprint density at radius 2 is 1.74 bits per heavy atom. The number of benzene rings is 2. The van der Waals surface area contributed by atoms with E-state index in [0.29, 0.717) is 12.6 Å². The van der Waals surface area contributed by atoms with E-state index in [9.17, 15) is 0 Å². The van der Waals surface area contributed by atoms with Crippen LogP contribution in [0.25, 0.3) is 10.9 Å². The van der Waals surface area contributed by atoms with E-state index in [1.165, 1.54) is 0 Å². The second-order valence-corrected chi connectivity index (χ2v) is 5.04. The third kappa shape index (κ3) is 3.04. The molecule has 0 radical (unpaired) electrons. The van der Waals surface area contributed by atoms with E-state index in [1.54, 1.807) is 7.11 Å². The molecule has 5 nitrogen and oxygen atoms in total. The average Bonchev–Trinajstić information content (AvgIpc) is 2.61. The van der Waals surface area contributed by atoms with Crippen LogP contribution in [0.5, 0.6) is 11.8 Å². The fourth-order valence-electron chi connectivity index (χ4n) is 2.42. The number of para-hydroxylation sites is 1. The molecule has 118 valence electrons. The molecular weight excluding hydrogens is 290 g/mol. The van der Waals surface area contributed by atoms with E-state index in [1.807, 2.05) is 67.4 Å². The van der Waals surface area contributed by atoms with Gasteiger partial charge in [0.2, 0.25) is 0 Å². The minimum atomic E-state index is 0.390. The zero-order valence-corrected chi connectivity index (χ0v) is 13.5. The summed E-state index contributed by atoms with van der Waals surface area (Å²) in [5.41, 5.74) is 1.87. The smallest absolute Gasteiger partial charge is 0.318 e. The summed E-state index contributed by atoms with van der Waals surface area (Å²) >= 11 is 0. The van der Waals surface area contributed by atoms with Crippen LogP contribution in [-0.2, 0) is 0 Å². The van der Waals surface area contributed by atoms with Crippen LogP contribution in [0.15, 0.2) is 48.5 Å². The molecule has 1 heterocycles. The van der Waals surface area contributed by atoms with Gasteiger partial charge in [-0.2, -0.15) is 9.97 Å². The number of aromatic nitrogens is 2. The van der Waals surface area contributed by atoms with E-state index in [0.717, 1.165) is 28.2 Å². The van der Waals surface area contributed by atoms with Crippen molar-refractivity contribution >= 4 is 22.4 Å². The monoisotopic (exact) mass is 309 g/mol. The normalized spacial score (nSPS) is 10.6. The molecule has 5 heteroatoms. The lowest BCUT2D eigenvalue weighted by Gasteiger charge is -2.20. The Balaban J connectivity index is 2.08. The van der Waals surface area contributed by atoms with Crippen LogP contribution in [0.2, 0.25) is 0 Å². The number of hydrogen-bond acceptors (Lipinski definition) is 5. The first-order valence-corrected chi connectivity index (χ1v) is 7.50. The van der Waals surface area contributed by atoms with Crippen molar-refractivity contribution in [2.45, 2.75) is 6.92 Å². The molecule has 0 aliphatic rings. The predicted molar refractivity (Wildman–Crippen MR) is 91.8 cm³/mol. The van der Waals surface area contributed by atoms with Crippen molar-refractivity contribution in [3.63, 3.8) is 0 Å². The SMILES string of the molecule is CCOc1nc(N(C)c2ccc(OC)cc2)c2ccccc2n1. The molecule has 23 heavy (non-hydrogen) atoms. The summed E-state index contributed by atoms with van der Waals surface area (Å²) in [6.07, 6.45) is 0. The van der Waals surface area contributed by atoms with Gasteiger partial charge in [-0.05, 0) is 43.3 Å². The number of anilines is 2. The van der Waals surface area contributed by atoms with Crippen molar-refractivity contribution in [2.75, 3.05) is 25.7 Å². The van der Waals surface area contributed by atoms with Gasteiger partial charge in [0.25, 0.3) is 0 Å². The van der Waals surface area contributed by atoms with Crippen molar-refractivity contribution in [1.82, 2.24) is 9.97 Å². The minimum absolute atomic E-state index is 0.390. The molecule has 3 rings (SSSR count). The number of ether oxygens (including phenoxy) is 2. The topological polar surface area (TPSA) is 47.5 Å². The number of hydrogen-bond donors (Lipinski definition) is 0. The maximum absolute atomic E-state index is 5.51. The lowest BCUT2D eigenvalue weighted by molar-refractivity contribution is 0.314. The fourth-order valence-corrected chi connectivity index (χ4v) is 2.42. The standard InChI is InChI=1S/C18H19N3O2/c1-4-23-18-19-16-8-6-5-7-15(16)17(20-18)21(2)13-9-11-14(22-3)12-10-13/h5-12H,4H2,1-3H3. The van der Waals surface area contributed by atoms with Crippen LogP contribution in [0, 0.1) is 0 Å². The van der Waals surface area contributed by atoms with Gasteiger partial charge in [0.15, 0.2) is 0 Å². The van der Waals surface area contributed by atoms with Gasteiger partial charge in [-0.25, -0.2) is 0 Å². The summed E-state index contributed by atoms with van der Waals surface area (Å²) in [5, 5.41) is 0.981. The zero-order valence-electron chi connectivity index (χ0n) is 13.5. The van der Waals surface area contributed by atoms with Crippen LogP contribution in [0.1, 0.15) is 6.92 Å². The predicted octanol–water partition coefficient (Wildman–Crippen LogP) is 3.81. The van der Waals surface area contributed by atoms with Crippen LogP contribution in [0.3, 0.4) is 0 Å². The number of methoxy groups -OCH3 is 1. The molecule has 2 aromatic carbocycles. The van der Waals surface area contributed by atoms with E-state index in [4.69, 9.17) is 9.47 Å². The Bertz CT molecular complexity index is 803. The highest BCUT2D eigenvalue weighted by Gasteiger charge is 2.13. The Hall–Kier alpha value is -2.82. The van der Waals surface area contributed by atoms with Gasteiger partial charge in [0.05, 0.1) is 19.2 Å². The van der Waals surface area contributed by atoms with Gasteiger partial charge < -0.3 is 14.4 Å². The van der Waals surface area contributed by atoms with E-state index in [2.05, 4.69) is 9.97 Å². The Kier molecular flexibility index (Phi) is 4.28. The first-order chi connectivity index (χ1) is 11.2. The molecule has 0 unspecified atom stereocenters. The highest BCUT2D eigenvalue weighted by atomic mass is 16.5. The van der Waals surface area contributed by atoms with Gasteiger partial charge in [-0.3, -0.25) is 0 Å². The molecule has 0 fully saturated rings. The van der Waals surface area contributed by atoms with Gasteiger partial charge in [-0.1, -0.05) is 12.1 Å². The molecule has 0 spiro atoms. The third-order valence-corrected chi connectivity index (χ3v) is 3.61. The molecule has 0 bridgehead atoms. The molecule has 0 N–H and O–H groups in total. The fraction of sp³-hybridized carbons (Fsp3) is 0.222. The lowest BCUT2D eigenvalue weighted by atomic mass is 10.2. The summed E-state index contributed by atoms with van der Waals surface area (Å²) in [5.74, 6) is 1.63. The third-order valence-electron chi connectivity index (χ3n) is 3.61.